The number of nitrogens with one attached hydrogen (secondary N) is 3. The van der Waals surface area contributed by atoms with Crippen molar-refractivity contribution in [3.05, 3.63) is 47.8 Å². The van der Waals surface area contributed by atoms with Crippen LogP contribution in [0, 0.1) is 5.92 Å². The standard InChI is InChI=1S/C20H26N6O2/c1-26-20(12-16(25-26)14-5-6-14)24-19-13-18(21-9-11-27-2)22-17(23-19)8-7-15-4-3-10-28-15/h3-4,7-8,10,12-14,20,25H,5-6,9,11H2,1-2H3,(H2,21,22,23,24)/b8-7+. The normalized spacial score (nSPS) is 19.6. The molecule has 2 aromatic rings. The molecule has 0 amide bonds. The quantitative estimate of drug-likeness (QED) is 0.571. The number of aromatic nitrogens is 2. The van der Waals surface area contributed by atoms with Crippen LogP contribution in [0.4, 0.5) is 11.6 Å². The smallest absolute Gasteiger partial charge is 0.156 e. The molecule has 4 rings (SSSR count). The van der Waals surface area contributed by atoms with Crippen LogP contribution in [-0.2, 0) is 4.74 Å². The summed E-state index contributed by atoms with van der Waals surface area (Å²) in [6, 6.07) is 5.65. The first-order chi connectivity index (χ1) is 13.7. The second-order valence-corrected chi connectivity index (χ2v) is 6.97. The van der Waals surface area contributed by atoms with Crippen molar-refractivity contribution in [2.24, 2.45) is 5.92 Å². The lowest BCUT2D eigenvalue weighted by Gasteiger charge is -2.21. The summed E-state index contributed by atoms with van der Waals surface area (Å²) in [4.78, 5) is 9.20. The molecule has 0 spiro atoms. The molecular formula is C20H26N6O2. The highest BCUT2D eigenvalue weighted by Gasteiger charge is 2.32. The molecule has 3 heterocycles. The van der Waals surface area contributed by atoms with Crippen molar-refractivity contribution in [1.82, 2.24) is 20.4 Å². The molecule has 1 aliphatic heterocycles. The van der Waals surface area contributed by atoms with Crippen LogP contribution >= 0.6 is 0 Å². The number of hydrogen-bond acceptors (Lipinski definition) is 8. The minimum Gasteiger partial charge on any atom is -0.465 e. The number of likely N-dealkylation sites (N-methyl/N-ethyl adjacent to an activating group) is 1. The van der Waals surface area contributed by atoms with Gasteiger partial charge in [-0.15, -0.1) is 0 Å². The van der Waals surface area contributed by atoms with Gasteiger partial charge in [-0.05, 0) is 49.1 Å². The van der Waals surface area contributed by atoms with Crippen molar-refractivity contribution in [1.29, 1.82) is 0 Å². The molecule has 3 N–H and O–H groups in total. The van der Waals surface area contributed by atoms with Crippen molar-refractivity contribution in [3.8, 4) is 0 Å². The molecule has 8 nitrogen and oxygen atoms in total. The number of allylic oxidation sites excluding steroid dienone is 1. The zero-order valence-corrected chi connectivity index (χ0v) is 16.2. The highest BCUT2D eigenvalue weighted by Crippen LogP contribution is 2.37. The highest BCUT2D eigenvalue weighted by atomic mass is 16.5. The number of anilines is 2. The first kappa shape index (κ1) is 18.5. The Labute approximate surface area is 164 Å². The van der Waals surface area contributed by atoms with Crippen LogP contribution in [0.3, 0.4) is 0 Å². The summed E-state index contributed by atoms with van der Waals surface area (Å²) in [5.74, 6) is 3.53. The molecule has 1 atom stereocenters. The highest BCUT2D eigenvalue weighted by molar-refractivity contribution is 5.65. The third-order valence-corrected chi connectivity index (χ3v) is 4.67. The monoisotopic (exact) mass is 382 g/mol. The maximum absolute atomic E-state index is 5.34. The van der Waals surface area contributed by atoms with Gasteiger partial charge in [0.15, 0.2) is 5.82 Å². The molecule has 1 fully saturated rings. The molecule has 148 valence electrons. The minimum atomic E-state index is 0.0410. The van der Waals surface area contributed by atoms with Crippen LogP contribution in [0.15, 0.2) is 40.7 Å². The first-order valence-electron chi connectivity index (χ1n) is 9.52. The van der Waals surface area contributed by atoms with Crippen LogP contribution < -0.4 is 16.1 Å². The van der Waals surface area contributed by atoms with Crippen molar-refractivity contribution in [2.45, 2.75) is 19.0 Å². The molecule has 0 radical (unpaired) electrons. The molecule has 1 saturated carbocycles. The molecule has 0 aromatic carbocycles. The predicted molar refractivity (Wildman–Crippen MR) is 109 cm³/mol. The number of rotatable bonds is 9. The second-order valence-electron chi connectivity index (χ2n) is 6.97. The fourth-order valence-corrected chi connectivity index (χ4v) is 3.03. The SMILES string of the molecule is COCCNc1cc(NC2C=C(C3CC3)NN2C)nc(/C=C/c2ccco2)n1. The van der Waals surface area contributed by atoms with Crippen LogP contribution in [0.2, 0.25) is 0 Å². The van der Waals surface area contributed by atoms with E-state index in [4.69, 9.17) is 9.15 Å². The Hall–Kier alpha value is -2.84. The number of hydrogen-bond donors (Lipinski definition) is 3. The Morgan fingerprint density at radius 3 is 2.93 bits per heavy atom. The van der Waals surface area contributed by atoms with Crippen molar-refractivity contribution < 1.29 is 9.15 Å². The number of ether oxygens (including phenoxy) is 1. The lowest BCUT2D eigenvalue weighted by molar-refractivity contribution is 0.210. The van der Waals surface area contributed by atoms with Crippen LogP contribution in [0.5, 0.6) is 0 Å². The fraction of sp³-hybridized carbons (Fsp3) is 0.400. The van der Waals surface area contributed by atoms with Gasteiger partial charge in [0.05, 0.1) is 12.9 Å². The molecule has 1 aliphatic carbocycles. The number of methoxy groups -OCH3 is 1. The van der Waals surface area contributed by atoms with Crippen LogP contribution in [0.1, 0.15) is 24.4 Å². The maximum Gasteiger partial charge on any atom is 0.156 e. The number of hydrazine groups is 1. The van der Waals surface area contributed by atoms with Gasteiger partial charge in [-0.3, -0.25) is 0 Å². The second kappa shape index (κ2) is 8.45. The molecule has 1 unspecified atom stereocenters. The third kappa shape index (κ3) is 4.71. The van der Waals surface area contributed by atoms with Gasteiger partial charge in [0, 0.05) is 32.5 Å². The maximum atomic E-state index is 5.34. The average Bonchev–Trinajstić information content (AvgIpc) is 3.28. The van der Waals surface area contributed by atoms with E-state index in [1.165, 1.54) is 18.5 Å². The Kier molecular flexibility index (Phi) is 5.59. The molecular weight excluding hydrogens is 356 g/mol. The van der Waals surface area contributed by atoms with E-state index in [1.807, 2.05) is 37.4 Å². The summed E-state index contributed by atoms with van der Waals surface area (Å²) in [6.45, 7) is 1.28. The van der Waals surface area contributed by atoms with Gasteiger partial charge in [-0.1, -0.05) is 0 Å². The van der Waals surface area contributed by atoms with E-state index in [1.54, 1.807) is 13.4 Å². The van der Waals surface area contributed by atoms with Gasteiger partial charge in [0.1, 0.15) is 23.6 Å². The van der Waals surface area contributed by atoms with E-state index in [-0.39, 0.29) is 6.17 Å². The van der Waals surface area contributed by atoms with Gasteiger partial charge in [-0.25, -0.2) is 15.0 Å². The van der Waals surface area contributed by atoms with E-state index < -0.39 is 0 Å². The van der Waals surface area contributed by atoms with E-state index >= 15 is 0 Å². The Morgan fingerprint density at radius 2 is 2.18 bits per heavy atom. The molecule has 0 bridgehead atoms. The number of furan rings is 1. The van der Waals surface area contributed by atoms with Crippen molar-refractivity contribution in [3.63, 3.8) is 0 Å². The summed E-state index contributed by atoms with van der Waals surface area (Å²) in [5, 5.41) is 8.81. The summed E-state index contributed by atoms with van der Waals surface area (Å²) in [6.07, 6.45) is 10.1. The van der Waals surface area contributed by atoms with E-state index in [9.17, 15) is 0 Å². The van der Waals surface area contributed by atoms with Crippen LogP contribution in [-0.4, -0.2) is 48.5 Å². The lowest BCUT2D eigenvalue weighted by atomic mass is 10.3. The lowest BCUT2D eigenvalue weighted by Crippen LogP contribution is -2.39. The zero-order valence-electron chi connectivity index (χ0n) is 16.2. The molecule has 2 aliphatic rings. The minimum absolute atomic E-state index is 0.0410. The predicted octanol–water partition coefficient (Wildman–Crippen LogP) is 2.78. The molecule has 0 saturated heterocycles. The Morgan fingerprint density at radius 1 is 1.32 bits per heavy atom. The average molecular weight is 382 g/mol. The molecule has 8 heteroatoms. The number of nitrogens with zero attached hydrogens (tertiary/aromatic N) is 3. The van der Waals surface area contributed by atoms with Gasteiger partial charge in [0.2, 0.25) is 0 Å². The van der Waals surface area contributed by atoms with Gasteiger partial charge in [0.25, 0.3) is 0 Å². The Bertz CT molecular complexity index is 844. The first-order valence-corrected chi connectivity index (χ1v) is 9.52. The van der Waals surface area contributed by atoms with E-state index in [0.29, 0.717) is 24.9 Å². The summed E-state index contributed by atoms with van der Waals surface area (Å²) in [5.41, 5.74) is 4.73. The van der Waals surface area contributed by atoms with Crippen molar-refractivity contribution >= 4 is 23.8 Å². The fourth-order valence-electron chi connectivity index (χ4n) is 3.03. The summed E-state index contributed by atoms with van der Waals surface area (Å²) in [7, 11) is 3.71. The molecule has 28 heavy (non-hydrogen) atoms. The third-order valence-electron chi connectivity index (χ3n) is 4.67. The molecule has 2 aromatic heterocycles. The van der Waals surface area contributed by atoms with Gasteiger partial charge < -0.3 is 25.2 Å². The van der Waals surface area contributed by atoms with Gasteiger partial charge in [-0.2, -0.15) is 0 Å². The largest absolute Gasteiger partial charge is 0.465 e. The van der Waals surface area contributed by atoms with Gasteiger partial charge >= 0.3 is 0 Å². The topological polar surface area (TPSA) is 87.5 Å². The van der Waals surface area contributed by atoms with Crippen LogP contribution in [0.25, 0.3) is 12.2 Å². The summed E-state index contributed by atoms with van der Waals surface area (Å²) < 4.78 is 10.5. The van der Waals surface area contributed by atoms with E-state index in [0.717, 1.165) is 17.4 Å². The zero-order chi connectivity index (χ0) is 19.3. The Balaban J connectivity index is 1.52. The summed E-state index contributed by atoms with van der Waals surface area (Å²) >= 11 is 0. The van der Waals surface area contributed by atoms with E-state index in [2.05, 4.69) is 37.1 Å². The van der Waals surface area contributed by atoms with Crippen molar-refractivity contribution in [2.75, 3.05) is 37.9 Å².